The minimum absolute atomic E-state index is 0.173. The Morgan fingerprint density at radius 1 is 1.11 bits per heavy atom. The molecule has 5 nitrogen and oxygen atoms in total. The Morgan fingerprint density at radius 3 is 2.28 bits per heavy atom. The number of carboxylic acid groups (broad SMARTS) is 1. The lowest BCUT2D eigenvalue weighted by Gasteiger charge is -2.30. The molecule has 1 aliphatic heterocycles. The normalized spacial score (nSPS) is 16.8. The van der Waals surface area contributed by atoms with E-state index in [0.717, 1.165) is 32.2 Å². The van der Waals surface area contributed by atoms with Gasteiger partial charge in [-0.05, 0) is 32.2 Å². The Bertz CT molecular complexity index is 273. The fourth-order valence-electron chi connectivity index (χ4n) is 2.31. The lowest BCUT2D eigenvalue weighted by atomic mass is 9.97. The highest BCUT2D eigenvalue weighted by Crippen LogP contribution is 2.18. The SMILES string of the molecule is NCCCCCCC(=O)N1CCC(C(=O)O)CC1. The van der Waals surface area contributed by atoms with Crippen molar-refractivity contribution < 1.29 is 14.7 Å². The fraction of sp³-hybridized carbons (Fsp3) is 0.846. The van der Waals surface area contributed by atoms with Crippen molar-refractivity contribution in [2.45, 2.75) is 44.9 Å². The van der Waals surface area contributed by atoms with Crippen molar-refractivity contribution in [1.82, 2.24) is 4.90 Å². The molecule has 0 atom stereocenters. The van der Waals surface area contributed by atoms with Crippen LogP contribution < -0.4 is 5.73 Å². The van der Waals surface area contributed by atoms with Crippen molar-refractivity contribution in [3.05, 3.63) is 0 Å². The maximum absolute atomic E-state index is 11.9. The highest BCUT2D eigenvalue weighted by Gasteiger charge is 2.26. The van der Waals surface area contributed by atoms with Gasteiger partial charge in [-0.3, -0.25) is 9.59 Å². The van der Waals surface area contributed by atoms with E-state index in [1.165, 1.54) is 0 Å². The van der Waals surface area contributed by atoms with Crippen LogP contribution in [0, 0.1) is 5.92 Å². The van der Waals surface area contributed by atoms with Gasteiger partial charge >= 0.3 is 5.97 Å². The molecule has 0 aromatic heterocycles. The second-order valence-electron chi connectivity index (χ2n) is 4.95. The smallest absolute Gasteiger partial charge is 0.306 e. The Labute approximate surface area is 108 Å². The molecule has 1 fully saturated rings. The molecule has 104 valence electrons. The Hall–Kier alpha value is -1.10. The first-order chi connectivity index (χ1) is 8.65. The van der Waals surface area contributed by atoms with Gasteiger partial charge in [-0.15, -0.1) is 0 Å². The molecule has 0 saturated carbocycles. The van der Waals surface area contributed by atoms with E-state index in [0.29, 0.717) is 32.4 Å². The first kappa shape index (κ1) is 15.0. The number of nitrogens with two attached hydrogens (primary N) is 1. The third-order valence-electron chi connectivity index (χ3n) is 3.54. The van der Waals surface area contributed by atoms with E-state index < -0.39 is 5.97 Å². The topological polar surface area (TPSA) is 83.6 Å². The van der Waals surface area contributed by atoms with E-state index in [1.807, 2.05) is 4.90 Å². The molecule has 0 bridgehead atoms. The third-order valence-corrected chi connectivity index (χ3v) is 3.54. The third kappa shape index (κ3) is 5.04. The summed E-state index contributed by atoms with van der Waals surface area (Å²) in [4.78, 5) is 24.5. The van der Waals surface area contributed by atoms with Crippen molar-refractivity contribution >= 4 is 11.9 Å². The average Bonchev–Trinajstić information content (AvgIpc) is 2.38. The summed E-state index contributed by atoms with van der Waals surface area (Å²) in [6, 6.07) is 0. The monoisotopic (exact) mass is 256 g/mol. The van der Waals surface area contributed by atoms with Gasteiger partial charge in [-0.1, -0.05) is 12.8 Å². The van der Waals surface area contributed by atoms with Gasteiger partial charge in [0.1, 0.15) is 0 Å². The lowest BCUT2D eigenvalue weighted by molar-refractivity contribution is -0.145. The molecule has 1 aliphatic rings. The molecule has 1 rings (SSSR count). The number of nitrogens with zero attached hydrogens (tertiary/aromatic N) is 1. The number of unbranched alkanes of at least 4 members (excludes halogenated alkanes) is 3. The minimum atomic E-state index is -0.733. The number of hydrogen-bond acceptors (Lipinski definition) is 3. The zero-order chi connectivity index (χ0) is 13.4. The molecule has 1 amide bonds. The number of rotatable bonds is 7. The number of aliphatic carboxylic acids is 1. The van der Waals surface area contributed by atoms with Crippen LogP contribution in [0.15, 0.2) is 0 Å². The van der Waals surface area contributed by atoms with Crippen molar-refractivity contribution in [2.75, 3.05) is 19.6 Å². The number of amides is 1. The number of carbonyl (C=O) groups is 2. The Balaban J connectivity index is 2.14. The highest BCUT2D eigenvalue weighted by atomic mass is 16.4. The van der Waals surface area contributed by atoms with Gasteiger partial charge in [0.15, 0.2) is 0 Å². The summed E-state index contributed by atoms with van der Waals surface area (Å²) in [6.45, 7) is 1.91. The molecule has 0 unspecified atom stereocenters. The van der Waals surface area contributed by atoms with Gasteiger partial charge in [-0.25, -0.2) is 0 Å². The van der Waals surface area contributed by atoms with Crippen molar-refractivity contribution in [1.29, 1.82) is 0 Å². The first-order valence-electron chi connectivity index (χ1n) is 6.85. The van der Waals surface area contributed by atoms with Gasteiger partial charge in [0.25, 0.3) is 0 Å². The Morgan fingerprint density at radius 2 is 1.72 bits per heavy atom. The second kappa shape index (κ2) is 8.08. The van der Waals surface area contributed by atoms with Crippen molar-refractivity contribution in [3.8, 4) is 0 Å². The summed E-state index contributed by atoms with van der Waals surface area (Å²) < 4.78 is 0. The molecule has 5 heteroatoms. The number of carbonyl (C=O) groups excluding carboxylic acids is 1. The molecule has 1 saturated heterocycles. The summed E-state index contributed by atoms with van der Waals surface area (Å²) >= 11 is 0. The summed E-state index contributed by atoms with van der Waals surface area (Å²) in [7, 11) is 0. The van der Waals surface area contributed by atoms with E-state index in [2.05, 4.69) is 0 Å². The molecular formula is C13H24N2O3. The molecule has 0 radical (unpaired) electrons. The van der Waals surface area contributed by atoms with E-state index >= 15 is 0 Å². The number of hydrogen-bond donors (Lipinski definition) is 2. The fourth-order valence-corrected chi connectivity index (χ4v) is 2.31. The molecule has 0 aliphatic carbocycles. The maximum Gasteiger partial charge on any atom is 0.306 e. The Kier molecular flexibility index (Phi) is 6.72. The van der Waals surface area contributed by atoms with Crippen LogP contribution in [0.5, 0.6) is 0 Å². The maximum atomic E-state index is 11.9. The van der Waals surface area contributed by atoms with E-state index in [4.69, 9.17) is 10.8 Å². The summed E-state index contributed by atoms with van der Waals surface area (Å²) in [6.07, 6.45) is 5.85. The molecular weight excluding hydrogens is 232 g/mol. The van der Waals surface area contributed by atoms with Crippen LogP contribution in [-0.4, -0.2) is 41.5 Å². The molecule has 0 aromatic rings. The number of likely N-dealkylation sites (tertiary alicyclic amines) is 1. The predicted octanol–water partition coefficient (Wildman–Crippen LogP) is 1.22. The zero-order valence-electron chi connectivity index (χ0n) is 10.9. The average molecular weight is 256 g/mol. The van der Waals surface area contributed by atoms with Crippen LogP contribution >= 0.6 is 0 Å². The van der Waals surface area contributed by atoms with E-state index in [9.17, 15) is 9.59 Å². The molecule has 3 N–H and O–H groups in total. The highest BCUT2D eigenvalue weighted by molar-refractivity contribution is 5.77. The van der Waals surface area contributed by atoms with E-state index in [-0.39, 0.29) is 11.8 Å². The summed E-state index contributed by atoms with van der Waals surface area (Å²) in [5, 5.41) is 8.87. The second-order valence-corrected chi connectivity index (χ2v) is 4.95. The van der Waals surface area contributed by atoms with Crippen LogP contribution in [0.1, 0.15) is 44.9 Å². The first-order valence-corrected chi connectivity index (χ1v) is 6.85. The zero-order valence-corrected chi connectivity index (χ0v) is 10.9. The molecule has 0 spiro atoms. The van der Waals surface area contributed by atoms with Gasteiger partial charge in [0.2, 0.25) is 5.91 Å². The van der Waals surface area contributed by atoms with Crippen LogP contribution in [0.3, 0.4) is 0 Å². The molecule has 1 heterocycles. The van der Waals surface area contributed by atoms with Crippen molar-refractivity contribution in [2.24, 2.45) is 11.7 Å². The van der Waals surface area contributed by atoms with Gasteiger partial charge < -0.3 is 15.7 Å². The van der Waals surface area contributed by atoms with Crippen LogP contribution in [0.2, 0.25) is 0 Å². The summed E-state index contributed by atoms with van der Waals surface area (Å²) in [5.41, 5.74) is 5.40. The lowest BCUT2D eigenvalue weighted by Crippen LogP contribution is -2.40. The standard InChI is InChI=1S/C13H24N2O3/c14-8-4-2-1-3-5-12(16)15-9-6-11(7-10-15)13(17)18/h11H,1-10,14H2,(H,17,18). The van der Waals surface area contributed by atoms with Gasteiger partial charge in [0.05, 0.1) is 5.92 Å². The quantitative estimate of drug-likeness (QED) is 0.671. The number of piperidine rings is 1. The van der Waals surface area contributed by atoms with Gasteiger partial charge in [-0.2, -0.15) is 0 Å². The molecule has 0 aromatic carbocycles. The van der Waals surface area contributed by atoms with E-state index in [1.54, 1.807) is 0 Å². The van der Waals surface area contributed by atoms with Crippen LogP contribution in [0.25, 0.3) is 0 Å². The largest absolute Gasteiger partial charge is 0.481 e. The summed E-state index contributed by atoms with van der Waals surface area (Å²) in [5.74, 6) is -0.825. The van der Waals surface area contributed by atoms with Gasteiger partial charge in [0, 0.05) is 19.5 Å². The minimum Gasteiger partial charge on any atom is -0.481 e. The predicted molar refractivity (Wildman–Crippen MR) is 69.1 cm³/mol. The number of carboxylic acids is 1. The van der Waals surface area contributed by atoms with Crippen molar-refractivity contribution in [3.63, 3.8) is 0 Å². The molecule has 18 heavy (non-hydrogen) atoms. The van der Waals surface area contributed by atoms with Crippen LogP contribution in [-0.2, 0) is 9.59 Å². The van der Waals surface area contributed by atoms with Crippen LogP contribution in [0.4, 0.5) is 0 Å².